The van der Waals surface area contributed by atoms with Gasteiger partial charge in [-0.25, -0.2) is 5.48 Å². The van der Waals surface area contributed by atoms with Crippen molar-refractivity contribution in [3.8, 4) is 22.5 Å². The topological polar surface area (TPSA) is 153 Å². The van der Waals surface area contributed by atoms with Gasteiger partial charge < -0.3 is 10.2 Å². The molecule has 3 rings (SSSR count). The lowest BCUT2D eigenvalue weighted by atomic mass is 9.95. The third-order valence-corrected chi connectivity index (χ3v) is 6.67. The molecule has 4 N–H and O–H groups in total. The minimum absolute atomic E-state index is 0.0479. The third-order valence-electron chi connectivity index (χ3n) is 6.67. The van der Waals surface area contributed by atoms with Crippen LogP contribution in [0.4, 0.5) is 0 Å². The number of nitrogens with zero attached hydrogens (tertiary/aromatic N) is 4. The Balaban J connectivity index is 1.75. The van der Waals surface area contributed by atoms with Gasteiger partial charge in [0.2, 0.25) is 17.6 Å². The summed E-state index contributed by atoms with van der Waals surface area (Å²) in [4.78, 5) is 40.1. The van der Waals surface area contributed by atoms with Crippen LogP contribution in [0.3, 0.4) is 0 Å². The van der Waals surface area contributed by atoms with E-state index in [0.29, 0.717) is 18.9 Å². The van der Waals surface area contributed by atoms with Crippen LogP contribution in [0.2, 0.25) is 0 Å². The van der Waals surface area contributed by atoms with Crippen LogP contribution in [0, 0.1) is 11.8 Å². The van der Waals surface area contributed by atoms with E-state index in [1.54, 1.807) is 17.3 Å². The molecule has 214 valence electrons. The van der Waals surface area contributed by atoms with Crippen LogP contribution in [0.1, 0.15) is 58.9 Å². The Morgan fingerprint density at radius 3 is 2.27 bits per heavy atom. The average molecular weight is 550 g/mol. The van der Waals surface area contributed by atoms with Gasteiger partial charge in [0.15, 0.2) is 0 Å². The number of tetrazole rings is 1. The Labute approximate surface area is 234 Å². The fraction of sp³-hybridized carbons (Fsp3) is 0.448. The molecule has 3 amide bonds. The first kappa shape index (κ1) is 30.4. The Hall–Kier alpha value is -4.12. The molecule has 0 bridgehead atoms. The molecule has 0 aliphatic carbocycles. The molecule has 0 saturated heterocycles. The molecule has 1 aromatic heterocycles. The summed E-state index contributed by atoms with van der Waals surface area (Å²) in [5.41, 5.74) is 5.31. The van der Waals surface area contributed by atoms with Crippen molar-refractivity contribution in [1.29, 1.82) is 0 Å². The van der Waals surface area contributed by atoms with Crippen molar-refractivity contribution in [3.63, 3.8) is 0 Å². The Morgan fingerprint density at radius 2 is 1.68 bits per heavy atom. The summed E-state index contributed by atoms with van der Waals surface area (Å²) in [5.74, 6) is -2.13. The number of carbonyl (C=O) groups is 3. The van der Waals surface area contributed by atoms with Crippen molar-refractivity contribution < 1.29 is 19.6 Å². The molecule has 0 spiro atoms. The normalized spacial score (nSPS) is 12.6. The number of benzene rings is 2. The molecule has 0 saturated carbocycles. The predicted octanol–water partition coefficient (Wildman–Crippen LogP) is 3.72. The molecule has 2 unspecified atom stereocenters. The zero-order valence-electron chi connectivity index (χ0n) is 23.6. The van der Waals surface area contributed by atoms with Crippen molar-refractivity contribution in [2.24, 2.45) is 11.8 Å². The van der Waals surface area contributed by atoms with E-state index >= 15 is 0 Å². The predicted molar refractivity (Wildman–Crippen MR) is 150 cm³/mol. The quantitative estimate of drug-likeness (QED) is 0.103. The van der Waals surface area contributed by atoms with Crippen molar-refractivity contribution in [3.05, 3.63) is 54.1 Å². The number of hydrogen-bond donors (Lipinski definition) is 4. The number of amides is 3. The second-order valence-corrected chi connectivity index (χ2v) is 10.3. The maximum absolute atomic E-state index is 13.5. The van der Waals surface area contributed by atoms with Crippen LogP contribution in [-0.4, -0.2) is 61.0 Å². The summed E-state index contributed by atoms with van der Waals surface area (Å²) in [6.07, 6.45) is 3.07. The van der Waals surface area contributed by atoms with Crippen LogP contribution in [-0.2, 0) is 20.9 Å². The van der Waals surface area contributed by atoms with E-state index in [2.05, 4.69) is 32.9 Å². The molecule has 0 aliphatic heterocycles. The standard InChI is InChI=1S/C29H39N7O4/c1-5-6-9-16-36(29(39)20(4)30-27(37)25(17-19(2)3)28(38)33-40)18-21-12-14-22(15-13-21)23-10-7-8-11-24(23)26-31-34-35-32-26/h7-8,10-15,19-20,25,40H,5-6,9,16-18H2,1-4H3,(H,30,37)(H,33,38)(H,31,32,34,35). The number of aromatic nitrogens is 4. The lowest BCUT2D eigenvalue weighted by molar-refractivity contribution is -0.144. The molecular formula is C29H39N7O4. The molecule has 11 heteroatoms. The zero-order chi connectivity index (χ0) is 29.1. The summed E-state index contributed by atoms with van der Waals surface area (Å²) in [5, 5.41) is 26.1. The Bertz CT molecular complexity index is 1250. The van der Waals surface area contributed by atoms with E-state index in [0.717, 1.165) is 41.5 Å². The van der Waals surface area contributed by atoms with Gasteiger partial charge in [-0.1, -0.05) is 82.1 Å². The molecule has 0 aliphatic rings. The van der Waals surface area contributed by atoms with Crippen molar-refractivity contribution in [2.45, 2.75) is 66.0 Å². The molecule has 0 fully saturated rings. The summed E-state index contributed by atoms with van der Waals surface area (Å²) >= 11 is 0. The number of aromatic amines is 1. The Morgan fingerprint density at radius 1 is 0.975 bits per heavy atom. The largest absolute Gasteiger partial charge is 0.344 e. The third kappa shape index (κ3) is 8.19. The Kier molecular flexibility index (Phi) is 11.3. The molecule has 1 heterocycles. The highest BCUT2D eigenvalue weighted by Gasteiger charge is 2.30. The lowest BCUT2D eigenvalue weighted by Gasteiger charge is -2.27. The number of rotatable bonds is 14. The highest BCUT2D eigenvalue weighted by atomic mass is 16.5. The van der Waals surface area contributed by atoms with Gasteiger partial charge in [-0.2, -0.15) is 5.21 Å². The van der Waals surface area contributed by atoms with Crippen molar-refractivity contribution in [1.82, 2.24) is 36.3 Å². The highest BCUT2D eigenvalue weighted by Crippen LogP contribution is 2.30. The van der Waals surface area contributed by atoms with Gasteiger partial charge in [-0.3, -0.25) is 19.6 Å². The maximum Gasteiger partial charge on any atom is 0.255 e. The fourth-order valence-electron chi connectivity index (χ4n) is 4.57. The molecule has 40 heavy (non-hydrogen) atoms. The smallest absolute Gasteiger partial charge is 0.255 e. The number of nitrogens with one attached hydrogen (secondary N) is 3. The second kappa shape index (κ2) is 14.9. The van der Waals surface area contributed by atoms with Crippen LogP contribution >= 0.6 is 0 Å². The molecule has 2 atom stereocenters. The summed E-state index contributed by atoms with van der Waals surface area (Å²) < 4.78 is 0. The van der Waals surface area contributed by atoms with E-state index in [9.17, 15) is 14.4 Å². The van der Waals surface area contributed by atoms with Crippen molar-refractivity contribution >= 4 is 17.7 Å². The SMILES string of the molecule is CCCCCN(Cc1ccc(-c2ccccc2-c2nn[nH]n2)cc1)C(=O)C(C)NC(=O)C(CC(C)C)C(=O)NO. The van der Waals surface area contributed by atoms with Gasteiger partial charge in [0.1, 0.15) is 12.0 Å². The minimum Gasteiger partial charge on any atom is -0.344 e. The van der Waals surface area contributed by atoms with Crippen LogP contribution in [0.25, 0.3) is 22.5 Å². The van der Waals surface area contributed by atoms with Gasteiger partial charge in [0.25, 0.3) is 5.91 Å². The van der Waals surface area contributed by atoms with Gasteiger partial charge in [-0.05, 0) is 47.6 Å². The van der Waals surface area contributed by atoms with Crippen LogP contribution in [0.15, 0.2) is 48.5 Å². The first-order valence-corrected chi connectivity index (χ1v) is 13.7. The molecule has 3 aromatic rings. The van der Waals surface area contributed by atoms with E-state index < -0.39 is 23.8 Å². The van der Waals surface area contributed by atoms with Gasteiger partial charge in [0, 0.05) is 18.7 Å². The van der Waals surface area contributed by atoms with Crippen LogP contribution < -0.4 is 10.8 Å². The monoisotopic (exact) mass is 549 g/mol. The molecule has 0 radical (unpaired) electrons. The molecular weight excluding hydrogens is 510 g/mol. The van der Waals surface area contributed by atoms with Crippen LogP contribution in [0.5, 0.6) is 0 Å². The van der Waals surface area contributed by atoms with E-state index in [1.807, 2.05) is 62.4 Å². The van der Waals surface area contributed by atoms with Gasteiger partial charge in [0.05, 0.1) is 0 Å². The number of unbranched alkanes of at least 4 members (excludes halogenated alkanes) is 2. The number of carbonyl (C=O) groups excluding carboxylic acids is 3. The minimum atomic E-state index is -1.09. The van der Waals surface area contributed by atoms with Crippen molar-refractivity contribution in [2.75, 3.05) is 6.54 Å². The molecule has 11 nitrogen and oxygen atoms in total. The first-order valence-electron chi connectivity index (χ1n) is 13.7. The fourth-order valence-corrected chi connectivity index (χ4v) is 4.57. The average Bonchev–Trinajstić information content (AvgIpc) is 3.50. The van der Waals surface area contributed by atoms with E-state index in [1.165, 1.54) is 0 Å². The summed E-state index contributed by atoms with van der Waals surface area (Å²) in [7, 11) is 0. The highest BCUT2D eigenvalue weighted by molar-refractivity contribution is 6.01. The number of hydrogen-bond acceptors (Lipinski definition) is 7. The van der Waals surface area contributed by atoms with E-state index in [4.69, 9.17) is 5.21 Å². The summed E-state index contributed by atoms with van der Waals surface area (Å²) in [6.45, 7) is 8.40. The first-order chi connectivity index (χ1) is 19.2. The maximum atomic E-state index is 13.5. The van der Waals surface area contributed by atoms with E-state index in [-0.39, 0.29) is 18.2 Å². The number of H-pyrrole nitrogens is 1. The van der Waals surface area contributed by atoms with Gasteiger partial charge in [-0.15, -0.1) is 10.2 Å². The summed E-state index contributed by atoms with van der Waals surface area (Å²) in [6, 6.07) is 14.9. The zero-order valence-corrected chi connectivity index (χ0v) is 23.6. The van der Waals surface area contributed by atoms with Gasteiger partial charge >= 0.3 is 0 Å². The second-order valence-electron chi connectivity index (χ2n) is 10.3. The number of hydroxylamine groups is 1. The lowest BCUT2D eigenvalue weighted by Crippen LogP contribution is -2.50. The molecule has 2 aromatic carbocycles.